The van der Waals surface area contributed by atoms with Crippen LogP contribution in [0.2, 0.25) is 5.32 Å². The van der Waals surface area contributed by atoms with Crippen molar-refractivity contribution < 1.29 is 4.79 Å². The van der Waals surface area contributed by atoms with Gasteiger partial charge in [-0.05, 0) is 0 Å². The number of hydrazone groups is 1. The van der Waals surface area contributed by atoms with E-state index in [4.69, 9.17) is 0 Å². The molecule has 2 amide bonds. The van der Waals surface area contributed by atoms with Crippen molar-refractivity contribution >= 4 is 36.8 Å². The van der Waals surface area contributed by atoms with Gasteiger partial charge >= 0.3 is 142 Å². The molecule has 1 heterocycles. The Morgan fingerprint density at radius 3 is 2.83 bits per heavy atom. The molecule has 118 valence electrons. The van der Waals surface area contributed by atoms with Crippen molar-refractivity contribution in [3.8, 4) is 0 Å². The summed E-state index contributed by atoms with van der Waals surface area (Å²) < 4.78 is 1.36. The second-order valence-electron chi connectivity index (χ2n) is 5.23. The number of anilines is 1. The summed E-state index contributed by atoms with van der Waals surface area (Å²) in [7, 11) is 0. The molecule has 3 rings (SSSR count). The number of nitrogens with zero attached hydrogens (tertiary/aromatic N) is 1. The van der Waals surface area contributed by atoms with E-state index in [2.05, 4.69) is 41.0 Å². The Balaban J connectivity index is 1.70. The molecule has 0 bridgehead atoms. The number of urea groups is 1. The Hall–Kier alpha value is -2.10. The topological polar surface area (TPSA) is 53.5 Å². The predicted octanol–water partition coefficient (Wildman–Crippen LogP) is 2.93. The van der Waals surface area contributed by atoms with E-state index in [-0.39, 0.29) is 6.03 Å². The van der Waals surface area contributed by atoms with Crippen LogP contribution in [0.15, 0.2) is 53.6 Å². The molecule has 23 heavy (non-hydrogen) atoms. The number of benzene rings is 2. The van der Waals surface area contributed by atoms with Crippen molar-refractivity contribution in [1.29, 1.82) is 0 Å². The molecule has 0 fully saturated rings. The van der Waals surface area contributed by atoms with Gasteiger partial charge in [0.2, 0.25) is 0 Å². The average Bonchev–Trinajstić information content (AvgIpc) is 2.60. The minimum absolute atomic E-state index is 0.299. The fourth-order valence-corrected chi connectivity index (χ4v) is 4.72. The summed E-state index contributed by atoms with van der Waals surface area (Å²) >= 11 is 0.512. The number of amides is 2. The Kier molecular flexibility index (Phi) is 5.11. The van der Waals surface area contributed by atoms with Crippen LogP contribution in [0.3, 0.4) is 0 Å². The molecule has 4 nitrogen and oxygen atoms in total. The Morgan fingerprint density at radius 1 is 1.17 bits per heavy atom. The number of hydrogen-bond acceptors (Lipinski definition) is 2. The number of para-hydroxylation sites is 1. The predicted molar refractivity (Wildman–Crippen MR) is 95.8 cm³/mol. The molecule has 2 aromatic carbocycles. The minimum atomic E-state index is -0.299. The molecule has 0 saturated heterocycles. The Labute approximate surface area is 142 Å². The maximum atomic E-state index is 12.1. The molecule has 0 spiro atoms. The van der Waals surface area contributed by atoms with Crippen molar-refractivity contribution in [3.63, 3.8) is 0 Å². The fraction of sp³-hybridized carbons (Fsp3) is 0.222. The normalized spacial score (nSPS) is 15.1. The molecule has 0 unspecified atom stereocenters. The second-order valence-corrected chi connectivity index (χ2v) is 7.61. The second kappa shape index (κ2) is 7.44. The van der Waals surface area contributed by atoms with Gasteiger partial charge in [-0.3, -0.25) is 0 Å². The Bertz CT molecular complexity index is 743. The van der Waals surface area contributed by atoms with Crippen LogP contribution in [-0.4, -0.2) is 26.7 Å². The van der Waals surface area contributed by atoms with Crippen molar-refractivity contribution in [1.82, 2.24) is 5.43 Å². The first-order chi connectivity index (χ1) is 11.3. The number of nitrogens with one attached hydrogen (secondary N) is 2. The third kappa shape index (κ3) is 3.81. The monoisotopic (exact) mass is 373 g/mol. The quantitative estimate of drug-likeness (QED) is 0.632. The zero-order chi connectivity index (χ0) is 16.1. The standard InChI is InChI=1S/C18H19N3OSe/c1-2-13-7-3-5-9-15(13)19-18(22)21-20-16-11-12-23-17-10-6-4-8-14(16)17/h3-10H,2,11-12H2,1H3,(H2,19,21,22)/b20-16+. The molecular weight excluding hydrogens is 353 g/mol. The van der Waals surface area contributed by atoms with Crippen LogP contribution in [0.1, 0.15) is 24.5 Å². The summed E-state index contributed by atoms with van der Waals surface area (Å²) in [6.07, 6.45) is 1.79. The van der Waals surface area contributed by atoms with E-state index in [1.165, 1.54) is 10.0 Å². The van der Waals surface area contributed by atoms with Crippen LogP contribution in [-0.2, 0) is 6.42 Å². The molecule has 0 radical (unpaired) electrons. The van der Waals surface area contributed by atoms with Gasteiger partial charge in [0.05, 0.1) is 0 Å². The SMILES string of the molecule is CCc1ccccc1NC(=O)N/N=C1\CC[Se]c2ccccc21. The van der Waals surface area contributed by atoms with Crippen molar-refractivity contribution in [3.05, 3.63) is 59.7 Å². The van der Waals surface area contributed by atoms with Gasteiger partial charge in [-0.2, -0.15) is 0 Å². The number of hydrogen-bond donors (Lipinski definition) is 2. The van der Waals surface area contributed by atoms with E-state index in [0.717, 1.165) is 35.1 Å². The zero-order valence-corrected chi connectivity index (χ0v) is 14.7. The average molecular weight is 372 g/mol. The third-order valence-corrected chi connectivity index (χ3v) is 5.99. The van der Waals surface area contributed by atoms with E-state index < -0.39 is 0 Å². The van der Waals surface area contributed by atoms with Crippen molar-refractivity contribution in [2.75, 3.05) is 5.32 Å². The van der Waals surface area contributed by atoms with Gasteiger partial charge in [-0.15, -0.1) is 0 Å². The number of fused-ring (bicyclic) bond motifs is 1. The van der Waals surface area contributed by atoms with Crippen molar-refractivity contribution in [2.24, 2.45) is 5.10 Å². The van der Waals surface area contributed by atoms with Gasteiger partial charge in [-0.1, -0.05) is 0 Å². The van der Waals surface area contributed by atoms with Crippen LogP contribution in [0.25, 0.3) is 0 Å². The fourth-order valence-electron chi connectivity index (χ4n) is 2.56. The molecule has 1 aliphatic heterocycles. The first kappa shape index (κ1) is 15.8. The molecular formula is C18H19N3OSe. The molecule has 0 atom stereocenters. The summed E-state index contributed by atoms with van der Waals surface area (Å²) in [5, 5.41) is 8.34. The number of carbonyl (C=O) groups is 1. The molecule has 2 N–H and O–H groups in total. The third-order valence-electron chi connectivity index (χ3n) is 3.73. The van der Waals surface area contributed by atoms with Gasteiger partial charge in [-0.25, -0.2) is 0 Å². The van der Waals surface area contributed by atoms with E-state index >= 15 is 0 Å². The number of carbonyl (C=O) groups excluding carboxylic acids is 1. The zero-order valence-electron chi connectivity index (χ0n) is 13.0. The molecule has 0 aromatic heterocycles. The Morgan fingerprint density at radius 2 is 1.96 bits per heavy atom. The van der Waals surface area contributed by atoms with Gasteiger partial charge < -0.3 is 0 Å². The van der Waals surface area contributed by atoms with Gasteiger partial charge in [0.25, 0.3) is 0 Å². The number of aryl methyl sites for hydroxylation is 1. The summed E-state index contributed by atoms with van der Waals surface area (Å²) in [4.78, 5) is 12.1. The first-order valence-electron chi connectivity index (χ1n) is 7.71. The maximum absolute atomic E-state index is 12.1. The van der Waals surface area contributed by atoms with Gasteiger partial charge in [0.15, 0.2) is 0 Å². The van der Waals surface area contributed by atoms with E-state index in [1.807, 2.05) is 30.3 Å². The summed E-state index contributed by atoms with van der Waals surface area (Å²) in [5.41, 5.74) is 6.72. The summed E-state index contributed by atoms with van der Waals surface area (Å²) in [5.74, 6) is 0. The number of rotatable bonds is 3. The van der Waals surface area contributed by atoms with Crippen LogP contribution >= 0.6 is 0 Å². The summed E-state index contributed by atoms with van der Waals surface area (Å²) in [6, 6.07) is 15.8. The first-order valence-corrected chi connectivity index (χ1v) is 9.78. The van der Waals surface area contributed by atoms with Crippen LogP contribution < -0.4 is 15.2 Å². The molecule has 2 aromatic rings. The van der Waals surface area contributed by atoms with Gasteiger partial charge in [0.1, 0.15) is 0 Å². The van der Waals surface area contributed by atoms with E-state index in [1.54, 1.807) is 0 Å². The van der Waals surface area contributed by atoms with Crippen LogP contribution in [0.4, 0.5) is 10.5 Å². The molecule has 5 heteroatoms. The van der Waals surface area contributed by atoms with Gasteiger partial charge in [0, 0.05) is 0 Å². The van der Waals surface area contributed by atoms with Crippen LogP contribution in [0.5, 0.6) is 0 Å². The molecule has 0 saturated carbocycles. The van der Waals surface area contributed by atoms with Crippen molar-refractivity contribution in [2.45, 2.75) is 25.1 Å². The molecule has 1 aliphatic rings. The van der Waals surface area contributed by atoms with E-state index in [0.29, 0.717) is 15.0 Å². The van der Waals surface area contributed by atoms with Crippen LogP contribution in [0, 0.1) is 0 Å². The molecule has 0 aliphatic carbocycles. The van der Waals surface area contributed by atoms with E-state index in [9.17, 15) is 4.79 Å². The summed E-state index contributed by atoms with van der Waals surface area (Å²) in [6.45, 7) is 2.07.